The smallest absolute Gasteiger partial charge is 0.147 e. The van der Waals surface area contributed by atoms with Crippen molar-refractivity contribution in [2.45, 2.75) is 77.6 Å². The molecular formula is C21H34O5. The first-order valence-corrected chi connectivity index (χ1v) is 10.4. The van der Waals surface area contributed by atoms with Crippen LogP contribution in [0, 0.1) is 39.9 Å². The Kier molecular flexibility index (Phi) is 4.17. The van der Waals surface area contributed by atoms with Gasteiger partial charge in [0.15, 0.2) is 0 Å². The molecule has 0 aromatic heterocycles. The van der Waals surface area contributed by atoms with E-state index >= 15 is 0 Å². The summed E-state index contributed by atoms with van der Waals surface area (Å²) in [6.07, 6.45) is 1.42. The summed E-state index contributed by atoms with van der Waals surface area (Å²) in [5.41, 5.74) is -2.15. The topological polar surface area (TPSA) is 98.0 Å². The predicted molar refractivity (Wildman–Crippen MR) is 96.1 cm³/mol. The van der Waals surface area contributed by atoms with Crippen LogP contribution in [-0.2, 0) is 4.79 Å². The van der Waals surface area contributed by atoms with Crippen molar-refractivity contribution in [3.8, 4) is 0 Å². The maximum Gasteiger partial charge on any atom is 0.147 e. The number of carbonyl (C=O) groups is 1. The Morgan fingerprint density at radius 3 is 2.35 bits per heavy atom. The first kappa shape index (κ1) is 18.9. The zero-order valence-corrected chi connectivity index (χ0v) is 16.2. The van der Waals surface area contributed by atoms with Crippen molar-refractivity contribution in [1.82, 2.24) is 0 Å². The Balaban J connectivity index is 1.91. The second kappa shape index (κ2) is 5.76. The highest BCUT2D eigenvalue weighted by Crippen LogP contribution is 2.71. The number of aliphatic hydroxyl groups excluding tert-OH is 4. The fourth-order valence-corrected chi connectivity index (χ4v) is 8.03. The van der Waals surface area contributed by atoms with Crippen LogP contribution in [0.4, 0.5) is 0 Å². The Bertz CT molecular complexity index is 603. The Hall–Kier alpha value is -0.490. The van der Waals surface area contributed by atoms with Gasteiger partial charge in [-0.2, -0.15) is 0 Å². The van der Waals surface area contributed by atoms with Crippen LogP contribution in [0.15, 0.2) is 0 Å². The second-order valence-corrected chi connectivity index (χ2v) is 10.2. The van der Waals surface area contributed by atoms with E-state index in [0.29, 0.717) is 25.7 Å². The SMILES string of the molecule is CC[C@H]1C(=O)[C@@]23[C@H](O)C[C@@H]4C(C)(C)CC[C@H](O)[C@@]4(CO)[C@@H]2CC[C@@H]1[C@H]3O. The number of ketones is 1. The molecule has 5 heteroatoms. The lowest BCUT2D eigenvalue weighted by molar-refractivity contribution is -0.267. The molecule has 1 spiro atoms. The van der Waals surface area contributed by atoms with Crippen molar-refractivity contribution in [2.75, 3.05) is 6.61 Å². The molecule has 4 rings (SSSR count). The highest BCUT2D eigenvalue weighted by molar-refractivity contribution is 5.92. The summed E-state index contributed by atoms with van der Waals surface area (Å²) in [4.78, 5) is 13.5. The summed E-state index contributed by atoms with van der Waals surface area (Å²) in [6.45, 7) is 6.07. The number of fused-ring (bicyclic) bond motifs is 3. The van der Waals surface area contributed by atoms with Crippen LogP contribution in [0.1, 0.15) is 59.3 Å². The van der Waals surface area contributed by atoms with Gasteiger partial charge in [-0.25, -0.2) is 0 Å². The van der Waals surface area contributed by atoms with E-state index in [0.717, 1.165) is 12.8 Å². The minimum Gasteiger partial charge on any atom is -0.396 e. The first-order valence-electron chi connectivity index (χ1n) is 10.4. The molecule has 4 fully saturated rings. The summed E-state index contributed by atoms with van der Waals surface area (Å²) in [5, 5.41) is 44.2. The number of rotatable bonds is 2. The Morgan fingerprint density at radius 2 is 1.73 bits per heavy atom. The van der Waals surface area contributed by atoms with Gasteiger partial charge in [-0.1, -0.05) is 20.8 Å². The zero-order valence-electron chi connectivity index (χ0n) is 16.2. The van der Waals surface area contributed by atoms with E-state index in [4.69, 9.17) is 0 Å². The summed E-state index contributed by atoms with van der Waals surface area (Å²) < 4.78 is 0. The van der Waals surface area contributed by atoms with Gasteiger partial charge >= 0.3 is 0 Å². The van der Waals surface area contributed by atoms with Gasteiger partial charge in [0.2, 0.25) is 0 Å². The maximum atomic E-state index is 13.5. The summed E-state index contributed by atoms with van der Waals surface area (Å²) in [7, 11) is 0. The lowest BCUT2D eigenvalue weighted by Gasteiger charge is -2.67. The van der Waals surface area contributed by atoms with E-state index in [1.54, 1.807) is 0 Å². The molecule has 2 bridgehead atoms. The minimum absolute atomic E-state index is 0.0191. The molecule has 0 aliphatic heterocycles. The molecule has 148 valence electrons. The minimum atomic E-state index is -1.21. The van der Waals surface area contributed by atoms with E-state index in [2.05, 4.69) is 13.8 Å². The third-order valence-corrected chi connectivity index (χ3v) is 9.19. The number of hydrogen-bond acceptors (Lipinski definition) is 5. The molecule has 4 aliphatic rings. The van der Waals surface area contributed by atoms with Gasteiger partial charge in [0.25, 0.3) is 0 Å². The monoisotopic (exact) mass is 366 g/mol. The molecule has 0 amide bonds. The molecular weight excluding hydrogens is 332 g/mol. The first-order chi connectivity index (χ1) is 12.2. The lowest BCUT2D eigenvalue weighted by atomic mass is 9.38. The Morgan fingerprint density at radius 1 is 1.04 bits per heavy atom. The lowest BCUT2D eigenvalue weighted by Crippen LogP contribution is -2.71. The van der Waals surface area contributed by atoms with Crippen LogP contribution in [-0.4, -0.2) is 51.1 Å². The van der Waals surface area contributed by atoms with Gasteiger partial charge in [0.1, 0.15) is 5.78 Å². The number of carbonyl (C=O) groups excluding carboxylic acids is 1. The maximum absolute atomic E-state index is 13.5. The quantitative estimate of drug-likeness (QED) is 0.594. The van der Waals surface area contributed by atoms with Crippen LogP contribution in [0.2, 0.25) is 0 Å². The van der Waals surface area contributed by atoms with E-state index in [9.17, 15) is 25.2 Å². The molecule has 0 unspecified atom stereocenters. The molecule has 0 aromatic rings. The molecule has 9 atom stereocenters. The average molecular weight is 366 g/mol. The van der Waals surface area contributed by atoms with E-state index in [-0.39, 0.29) is 41.5 Å². The van der Waals surface area contributed by atoms with E-state index in [1.807, 2.05) is 6.92 Å². The van der Waals surface area contributed by atoms with E-state index < -0.39 is 29.1 Å². The van der Waals surface area contributed by atoms with Crippen LogP contribution < -0.4 is 0 Å². The van der Waals surface area contributed by atoms with Crippen LogP contribution in [0.25, 0.3) is 0 Å². The predicted octanol–water partition coefficient (Wildman–Crippen LogP) is 1.51. The second-order valence-electron chi connectivity index (χ2n) is 10.2. The van der Waals surface area contributed by atoms with Crippen molar-refractivity contribution in [3.05, 3.63) is 0 Å². The van der Waals surface area contributed by atoms with Gasteiger partial charge in [0, 0.05) is 11.3 Å². The molecule has 0 saturated heterocycles. The summed E-state index contributed by atoms with van der Waals surface area (Å²) in [6, 6.07) is 0. The van der Waals surface area contributed by atoms with Gasteiger partial charge in [0.05, 0.1) is 30.3 Å². The molecule has 0 heterocycles. The highest BCUT2D eigenvalue weighted by atomic mass is 16.3. The zero-order chi connectivity index (χ0) is 19.1. The van der Waals surface area contributed by atoms with Crippen molar-refractivity contribution < 1.29 is 25.2 Å². The fourth-order valence-electron chi connectivity index (χ4n) is 8.03. The fraction of sp³-hybridized carbons (Fsp3) is 0.952. The van der Waals surface area contributed by atoms with Crippen molar-refractivity contribution in [2.24, 2.45) is 39.9 Å². The Labute approximate surface area is 155 Å². The van der Waals surface area contributed by atoms with Crippen LogP contribution in [0.3, 0.4) is 0 Å². The summed E-state index contributed by atoms with van der Waals surface area (Å²) in [5.74, 6) is -0.760. The van der Waals surface area contributed by atoms with Gasteiger partial charge in [-0.05, 0) is 61.7 Å². The molecule has 0 aromatic carbocycles. The molecule has 0 radical (unpaired) electrons. The highest BCUT2D eigenvalue weighted by Gasteiger charge is 2.76. The average Bonchev–Trinajstić information content (AvgIpc) is 2.72. The largest absolute Gasteiger partial charge is 0.396 e. The number of hydrogen-bond donors (Lipinski definition) is 4. The molecule has 26 heavy (non-hydrogen) atoms. The standard InChI is InChI=1S/C21H34O5/c1-4-11-12-5-6-13-20(10-22)14(19(2,3)8-7-15(20)23)9-16(24)21(13,17(11)25)18(12)26/h11-16,18,22-24,26H,4-10H2,1-3H3/t11-,12+,13+,14-,15+,16-,18-,20+,21+/m1/s1. The van der Waals surface area contributed by atoms with Gasteiger partial charge in [-0.3, -0.25) is 4.79 Å². The molecule has 4 N–H and O–H groups in total. The van der Waals surface area contributed by atoms with E-state index in [1.165, 1.54) is 0 Å². The van der Waals surface area contributed by atoms with Gasteiger partial charge < -0.3 is 20.4 Å². The molecule has 4 saturated carbocycles. The molecule has 5 nitrogen and oxygen atoms in total. The number of Topliss-reactive ketones (excluding diaryl/α,β-unsaturated/α-hetero) is 1. The van der Waals surface area contributed by atoms with Gasteiger partial charge in [-0.15, -0.1) is 0 Å². The third-order valence-electron chi connectivity index (χ3n) is 9.19. The van der Waals surface area contributed by atoms with Crippen molar-refractivity contribution in [3.63, 3.8) is 0 Å². The van der Waals surface area contributed by atoms with Crippen molar-refractivity contribution >= 4 is 5.78 Å². The van der Waals surface area contributed by atoms with Crippen molar-refractivity contribution in [1.29, 1.82) is 0 Å². The molecule has 4 aliphatic carbocycles. The number of aliphatic hydroxyl groups is 4. The third kappa shape index (κ3) is 1.88. The van der Waals surface area contributed by atoms with Crippen LogP contribution >= 0.6 is 0 Å². The normalized spacial score (nSPS) is 55.3. The summed E-state index contributed by atoms with van der Waals surface area (Å²) >= 11 is 0. The van der Waals surface area contributed by atoms with Crippen LogP contribution in [0.5, 0.6) is 0 Å².